The Kier molecular flexibility index (Phi) is 6.82. The van der Waals surface area contributed by atoms with Crippen LogP contribution in [0.5, 0.6) is 0 Å². The van der Waals surface area contributed by atoms with Gasteiger partial charge < -0.3 is 9.64 Å². The number of ether oxygens (including phenoxy) is 1. The Morgan fingerprint density at radius 3 is 2.52 bits per heavy atom. The minimum absolute atomic E-state index is 0.219. The Bertz CT molecular complexity index is 380. The summed E-state index contributed by atoms with van der Waals surface area (Å²) in [5, 5.41) is 3.60. The third-order valence-corrected chi connectivity index (χ3v) is 4.22. The second-order valence-electron chi connectivity index (χ2n) is 6.89. The van der Waals surface area contributed by atoms with Gasteiger partial charge in [-0.05, 0) is 38.6 Å². The molecule has 0 N–H and O–H groups in total. The quantitative estimate of drug-likeness (QED) is 0.425. The molecule has 0 aromatic heterocycles. The van der Waals surface area contributed by atoms with E-state index in [4.69, 9.17) is 10.3 Å². The van der Waals surface area contributed by atoms with Gasteiger partial charge in [0.15, 0.2) is 0 Å². The van der Waals surface area contributed by atoms with Crippen LogP contribution in [0.2, 0.25) is 0 Å². The normalized spacial score (nSPS) is 17.7. The van der Waals surface area contributed by atoms with Crippen LogP contribution in [0.1, 0.15) is 59.3 Å². The van der Waals surface area contributed by atoms with E-state index in [0.29, 0.717) is 5.92 Å². The van der Waals surface area contributed by atoms with Crippen molar-refractivity contribution in [1.82, 2.24) is 4.90 Å². The highest BCUT2D eigenvalue weighted by Gasteiger charge is 2.27. The van der Waals surface area contributed by atoms with E-state index in [2.05, 4.69) is 10.0 Å². The number of amides is 1. The van der Waals surface area contributed by atoms with Crippen molar-refractivity contribution in [1.29, 1.82) is 0 Å². The van der Waals surface area contributed by atoms with Crippen LogP contribution in [0.15, 0.2) is 5.11 Å². The maximum atomic E-state index is 12.2. The van der Waals surface area contributed by atoms with E-state index in [1.807, 2.05) is 20.8 Å². The predicted octanol–water partition coefficient (Wildman–Crippen LogP) is 4.50. The summed E-state index contributed by atoms with van der Waals surface area (Å²) in [5.74, 6) is 0.574. The molecule has 1 atom stereocenters. The summed E-state index contributed by atoms with van der Waals surface area (Å²) in [6.45, 7) is 6.09. The average molecular weight is 296 g/mol. The lowest BCUT2D eigenvalue weighted by molar-refractivity contribution is 0.0386. The molecule has 1 aliphatic carbocycles. The fourth-order valence-electron chi connectivity index (χ4n) is 2.58. The Morgan fingerprint density at radius 1 is 1.38 bits per heavy atom. The second kappa shape index (κ2) is 8.13. The number of nitrogens with zero attached hydrogens (tertiary/aromatic N) is 4. The van der Waals surface area contributed by atoms with Crippen molar-refractivity contribution in [3.8, 4) is 0 Å². The number of rotatable bonds is 5. The fourth-order valence-corrected chi connectivity index (χ4v) is 2.58. The summed E-state index contributed by atoms with van der Waals surface area (Å²) in [5.41, 5.74) is 8.21. The molecule has 0 aromatic rings. The molecule has 6 heteroatoms. The maximum absolute atomic E-state index is 12.2. The van der Waals surface area contributed by atoms with E-state index < -0.39 is 0 Å². The summed E-state index contributed by atoms with van der Waals surface area (Å²) in [6, 6.07) is 0. The largest absolute Gasteiger partial charge is 0.446 e. The third kappa shape index (κ3) is 6.25. The average Bonchev–Trinajstić information content (AvgIpc) is 2.44. The molecule has 0 aliphatic heterocycles. The molecule has 1 fully saturated rings. The van der Waals surface area contributed by atoms with Gasteiger partial charge in [0.25, 0.3) is 0 Å². The maximum Gasteiger partial charge on any atom is 0.410 e. The first-order valence-electron chi connectivity index (χ1n) is 7.80. The van der Waals surface area contributed by atoms with Gasteiger partial charge in [-0.15, -0.1) is 0 Å². The lowest BCUT2D eigenvalue weighted by Crippen LogP contribution is -2.44. The molecule has 21 heavy (non-hydrogen) atoms. The Morgan fingerprint density at radius 2 is 2.00 bits per heavy atom. The first kappa shape index (κ1) is 17.6. The molecule has 1 rings (SSSR count). The third-order valence-electron chi connectivity index (χ3n) is 4.22. The summed E-state index contributed by atoms with van der Waals surface area (Å²) in [6.07, 6.45) is 6.27. The van der Waals surface area contributed by atoms with Crippen LogP contribution >= 0.6 is 0 Å². The van der Waals surface area contributed by atoms with Crippen LogP contribution in [-0.4, -0.2) is 36.2 Å². The Labute approximate surface area is 127 Å². The molecule has 0 bridgehead atoms. The monoisotopic (exact) mass is 296 g/mol. The molecule has 1 amide bonds. The zero-order valence-corrected chi connectivity index (χ0v) is 13.7. The number of hydrogen-bond donors (Lipinski definition) is 0. The molecular weight excluding hydrogens is 268 g/mol. The minimum atomic E-state index is -0.351. The highest BCUT2D eigenvalue weighted by atomic mass is 16.6. The van der Waals surface area contributed by atoms with Gasteiger partial charge in [-0.2, -0.15) is 0 Å². The second-order valence-corrected chi connectivity index (χ2v) is 6.89. The molecule has 1 saturated carbocycles. The van der Waals surface area contributed by atoms with Crippen molar-refractivity contribution in [3.63, 3.8) is 0 Å². The van der Waals surface area contributed by atoms with Crippen LogP contribution in [0.3, 0.4) is 0 Å². The molecule has 0 spiro atoms. The van der Waals surface area contributed by atoms with Crippen molar-refractivity contribution in [2.45, 2.75) is 70.9 Å². The fraction of sp³-hybridized carbons (Fsp3) is 0.933. The first-order chi connectivity index (χ1) is 9.84. The van der Waals surface area contributed by atoms with Crippen molar-refractivity contribution < 1.29 is 9.53 Å². The summed E-state index contributed by atoms with van der Waals surface area (Å²) in [7, 11) is 1.73. The topological polar surface area (TPSA) is 78.3 Å². The van der Waals surface area contributed by atoms with Crippen molar-refractivity contribution in [2.75, 3.05) is 13.6 Å². The smallest absolute Gasteiger partial charge is 0.410 e. The molecule has 0 aromatic carbocycles. The van der Waals surface area contributed by atoms with Gasteiger partial charge in [-0.3, -0.25) is 0 Å². The van der Waals surface area contributed by atoms with Gasteiger partial charge in [-0.25, -0.2) is 4.79 Å². The van der Waals surface area contributed by atoms with Crippen LogP contribution in [0, 0.1) is 5.92 Å². The van der Waals surface area contributed by atoms with E-state index >= 15 is 0 Å². The van der Waals surface area contributed by atoms with E-state index in [9.17, 15) is 4.79 Å². The molecule has 0 radical (unpaired) electrons. The van der Waals surface area contributed by atoms with E-state index in [1.54, 1.807) is 11.9 Å². The van der Waals surface area contributed by atoms with Crippen LogP contribution < -0.4 is 0 Å². The van der Waals surface area contributed by atoms with Crippen LogP contribution in [0.25, 0.3) is 10.4 Å². The summed E-state index contributed by atoms with van der Waals surface area (Å²) in [4.78, 5) is 16.5. The van der Waals surface area contributed by atoms with Gasteiger partial charge in [0.1, 0.15) is 6.10 Å². The number of hydrogen-bond acceptors (Lipinski definition) is 3. The summed E-state index contributed by atoms with van der Waals surface area (Å²) >= 11 is 0. The molecule has 120 valence electrons. The van der Waals surface area contributed by atoms with E-state index in [0.717, 1.165) is 6.42 Å². The first-order valence-corrected chi connectivity index (χ1v) is 7.80. The van der Waals surface area contributed by atoms with Gasteiger partial charge in [-0.1, -0.05) is 37.2 Å². The SMILES string of the molecule is CN(C(=O)O[C@H](CN=[N+]=[N-])CC1CCCCC1)C(C)(C)C. The number of carbonyl (C=O) groups excluding carboxylic acids is 1. The molecule has 0 unspecified atom stereocenters. The highest BCUT2D eigenvalue weighted by Crippen LogP contribution is 2.28. The molecule has 1 aliphatic rings. The van der Waals surface area contributed by atoms with Gasteiger partial charge in [0, 0.05) is 17.5 Å². The lowest BCUT2D eigenvalue weighted by Gasteiger charge is -2.33. The Balaban J connectivity index is 2.59. The van der Waals surface area contributed by atoms with Crippen molar-refractivity contribution in [3.05, 3.63) is 10.4 Å². The molecule has 0 heterocycles. The lowest BCUT2D eigenvalue weighted by atomic mass is 9.85. The van der Waals surface area contributed by atoms with Gasteiger partial charge >= 0.3 is 6.09 Å². The molecule has 0 saturated heterocycles. The standard InChI is InChI=1S/C15H28N4O2/c1-15(2,3)19(4)14(20)21-13(11-17-18-16)10-12-8-6-5-7-9-12/h12-13H,5-11H2,1-4H3/t13-/m0/s1. The van der Waals surface area contributed by atoms with E-state index in [1.165, 1.54) is 32.1 Å². The molecular formula is C15H28N4O2. The Hall–Kier alpha value is -1.42. The number of azide groups is 1. The zero-order chi connectivity index (χ0) is 15.9. The van der Waals surface area contributed by atoms with Gasteiger partial charge in [0.05, 0.1) is 6.54 Å². The van der Waals surface area contributed by atoms with Crippen LogP contribution in [0.4, 0.5) is 4.79 Å². The van der Waals surface area contributed by atoms with Crippen LogP contribution in [-0.2, 0) is 4.74 Å². The summed E-state index contributed by atoms with van der Waals surface area (Å²) < 4.78 is 5.57. The van der Waals surface area contributed by atoms with E-state index in [-0.39, 0.29) is 24.3 Å². The highest BCUT2D eigenvalue weighted by molar-refractivity contribution is 5.68. The number of carbonyl (C=O) groups is 1. The van der Waals surface area contributed by atoms with Crippen molar-refractivity contribution >= 4 is 6.09 Å². The molecule has 6 nitrogen and oxygen atoms in total. The van der Waals surface area contributed by atoms with Gasteiger partial charge in [0.2, 0.25) is 0 Å². The predicted molar refractivity (Wildman–Crippen MR) is 83.0 cm³/mol. The minimum Gasteiger partial charge on any atom is -0.446 e. The van der Waals surface area contributed by atoms with Crippen molar-refractivity contribution in [2.24, 2.45) is 11.0 Å². The zero-order valence-electron chi connectivity index (χ0n) is 13.7.